The fourth-order valence-electron chi connectivity index (χ4n) is 2.57. The first-order valence-corrected chi connectivity index (χ1v) is 8.66. The van der Waals surface area contributed by atoms with Gasteiger partial charge in [0.2, 0.25) is 0 Å². The highest BCUT2D eigenvalue weighted by Crippen LogP contribution is 2.19. The zero-order chi connectivity index (χ0) is 20.5. The number of aliphatic carboxylic acids is 2. The molecule has 3 N–H and O–H groups in total. The van der Waals surface area contributed by atoms with E-state index >= 15 is 0 Å². The lowest BCUT2D eigenvalue weighted by atomic mass is 10.1. The standard InChI is InChI=1S/C14H18FN3O2.C4H4O4/c15-11-1-3-12(4-2-11)20-13-9-18(10-13)14(19)17-7-5-16-6-8-17;5-3(6)1-2-4(7)8/h1-4,13,16H,5-10H2;1-2H,(H,5,6)(H,7,8). The largest absolute Gasteiger partial charge is 0.487 e. The van der Waals surface area contributed by atoms with E-state index in [0.29, 0.717) is 31.0 Å². The molecule has 0 bridgehead atoms. The number of rotatable bonds is 4. The van der Waals surface area contributed by atoms with Gasteiger partial charge in [0, 0.05) is 38.3 Å². The summed E-state index contributed by atoms with van der Waals surface area (Å²) >= 11 is 0. The van der Waals surface area contributed by atoms with Gasteiger partial charge < -0.3 is 30.1 Å². The van der Waals surface area contributed by atoms with Crippen LogP contribution in [0.4, 0.5) is 9.18 Å². The van der Waals surface area contributed by atoms with Gasteiger partial charge in [-0.3, -0.25) is 0 Å². The van der Waals surface area contributed by atoms with E-state index in [1.165, 1.54) is 12.1 Å². The molecular formula is C18H22FN3O6. The molecule has 28 heavy (non-hydrogen) atoms. The second kappa shape index (κ2) is 10.3. The van der Waals surface area contributed by atoms with Gasteiger partial charge in [-0.1, -0.05) is 0 Å². The number of urea groups is 1. The number of nitrogens with zero attached hydrogens (tertiary/aromatic N) is 2. The number of carbonyl (C=O) groups excluding carboxylic acids is 1. The molecule has 2 fully saturated rings. The number of halogens is 1. The molecule has 0 unspecified atom stereocenters. The summed E-state index contributed by atoms with van der Waals surface area (Å²) in [7, 11) is 0. The molecule has 0 spiro atoms. The normalized spacial score (nSPS) is 16.8. The average Bonchev–Trinajstić information content (AvgIpc) is 2.65. The summed E-state index contributed by atoms with van der Waals surface area (Å²) in [6.07, 6.45) is 1.12. The van der Waals surface area contributed by atoms with Gasteiger partial charge in [-0.05, 0) is 24.3 Å². The molecule has 0 aliphatic carbocycles. The second-order valence-electron chi connectivity index (χ2n) is 6.13. The molecule has 3 rings (SSSR count). The van der Waals surface area contributed by atoms with E-state index in [4.69, 9.17) is 14.9 Å². The van der Waals surface area contributed by atoms with E-state index in [2.05, 4.69) is 5.32 Å². The van der Waals surface area contributed by atoms with Gasteiger partial charge in [0.05, 0.1) is 13.1 Å². The number of ether oxygens (including phenoxy) is 1. The van der Waals surface area contributed by atoms with Crippen molar-refractivity contribution in [2.24, 2.45) is 0 Å². The Balaban J connectivity index is 0.000000300. The van der Waals surface area contributed by atoms with Crippen LogP contribution in [0, 0.1) is 5.82 Å². The maximum Gasteiger partial charge on any atom is 0.328 e. The second-order valence-corrected chi connectivity index (χ2v) is 6.13. The highest BCUT2D eigenvalue weighted by Gasteiger charge is 2.35. The maximum atomic E-state index is 12.8. The molecule has 0 aromatic heterocycles. The van der Waals surface area contributed by atoms with Gasteiger partial charge in [0.1, 0.15) is 17.7 Å². The number of piperazine rings is 1. The van der Waals surface area contributed by atoms with Crippen LogP contribution in [0.15, 0.2) is 36.4 Å². The van der Waals surface area contributed by atoms with Crippen molar-refractivity contribution >= 4 is 18.0 Å². The molecule has 2 amide bonds. The summed E-state index contributed by atoms with van der Waals surface area (Å²) in [5.41, 5.74) is 0. The Morgan fingerprint density at radius 2 is 1.54 bits per heavy atom. The van der Waals surface area contributed by atoms with E-state index in [1.807, 2.05) is 4.90 Å². The van der Waals surface area contributed by atoms with E-state index in [1.54, 1.807) is 17.0 Å². The monoisotopic (exact) mass is 395 g/mol. The van der Waals surface area contributed by atoms with Crippen LogP contribution in [-0.2, 0) is 9.59 Å². The van der Waals surface area contributed by atoms with Crippen LogP contribution < -0.4 is 10.1 Å². The summed E-state index contributed by atoms with van der Waals surface area (Å²) in [4.78, 5) is 34.9. The van der Waals surface area contributed by atoms with Gasteiger partial charge in [0.15, 0.2) is 0 Å². The Labute approximate surface area is 161 Å². The van der Waals surface area contributed by atoms with Crippen molar-refractivity contribution < 1.29 is 33.7 Å². The minimum Gasteiger partial charge on any atom is -0.487 e. The summed E-state index contributed by atoms with van der Waals surface area (Å²) in [6.45, 7) is 4.43. The van der Waals surface area contributed by atoms with Crippen LogP contribution in [-0.4, -0.2) is 83.4 Å². The summed E-state index contributed by atoms with van der Waals surface area (Å²) < 4.78 is 18.5. The van der Waals surface area contributed by atoms with Crippen LogP contribution in [0.1, 0.15) is 0 Å². The molecule has 2 saturated heterocycles. The van der Waals surface area contributed by atoms with Crippen molar-refractivity contribution in [3.05, 3.63) is 42.2 Å². The molecule has 0 radical (unpaired) electrons. The van der Waals surface area contributed by atoms with Crippen molar-refractivity contribution in [1.82, 2.24) is 15.1 Å². The van der Waals surface area contributed by atoms with Crippen LogP contribution in [0.2, 0.25) is 0 Å². The third-order valence-corrected chi connectivity index (χ3v) is 3.99. The Morgan fingerprint density at radius 1 is 1.00 bits per heavy atom. The van der Waals surface area contributed by atoms with Crippen LogP contribution in [0.5, 0.6) is 5.75 Å². The van der Waals surface area contributed by atoms with Crippen LogP contribution >= 0.6 is 0 Å². The van der Waals surface area contributed by atoms with Gasteiger partial charge in [-0.25, -0.2) is 18.8 Å². The van der Waals surface area contributed by atoms with Crippen molar-refractivity contribution in [1.29, 1.82) is 0 Å². The molecule has 0 atom stereocenters. The Hall–Kier alpha value is -3.14. The number of hydrogen-bond donors (Lipinski definition) is 3. The number of likely N-dealkylation sites (tertiary alicyclic amines) is 1. The third kappa shape index (κ3) is 6.88. The van der Waals surface area contributed by atoms with Crippen molar-refractivity contribution in [2.45, 2.75) is 6.10 Å². The van der Waals surface area contributed by atoms with E-state index in [0.717, 1.165) is 26.2 Å². The molecule has 9 nitrogen and oxygen atoms in total. The average molecular weight is 395 g/mol. The number of carboxylic acid groups (broad SMARTS) is 2. The molecule has 1 aromatic rings. The minimum atomic E-state index is -1.26. The SMILES string of the molecule is O=C(N1CCNCC1)N1CC(Oc2ccc(F)cc2)C1.O=C(O)C=CC(=O)O. The number of carboxylic acids is 2. The van der Waals surface area contributed by atoms with Crippen molar-refractivity contribution in [3.8, 4) is 5.75 Å². The molecule has 10 heteroatoms. The summed E-state index contributed by atoms with van der Waals surface area (Å²) in [5, 5.41) is 18.8. The first kappa shape index (κ1) is 21.2. The highest BCUT2D eigenvalue weighted by molar-refractivity contribution is 5.89. The molecular weight excluding hydrogens is 373 g/mol. The Bertz CT molecular complexity index is 697. The van der Waals surface area contributed by atoms with Gasteiger partial charge in [0.25, 0.3) is 0 Å². The molecule has 152 valence electrons. The molecule has 0 saturated carbocycles. The van der Waals surface area contributed by atoms with E-state index in [9.17, 15) is 18.8 Å². The Morgan fingerprint density at radius 3 is 2.04 bits per heavy atom. The van der Waals surface area contributed by atoms with Gasteiger partial charge in [-0.15, -0.1) is 0 Å². The fraction of sp³-hybridized carbons (Fsp3) is 0.389. The van der Waals surface area contributed by atoms with Gasteiger partial charge in [-0.2, -0.15) is 0 Å². The third-order valence-electron chi connectivity index (χ3n) is 3.99. The number of hydrogen-bond acceptors (Lipinski definition) is 5. The number of nitrogens with one attached hydrogen (secondary N) is 1. The molecule has 2 heterocycles. The number of amides is 2. The highest BCUT2D eigenvalue weighted by atomic mass is 19.1. The summed E-state index contributed by atoms with van der Waals surface area (Å²) in [6, 6.07) is 6.05. The lowest BCUT2D eigenvalue weighted by Gasteiger charge is -2.42. The van der Waals surface area contributed by atoms with E-state index < -0.39 is 11.9 Å². The lowest BCUT2D eigenvalue weighted by Crippen LogP contribution is -2.61. The molecule has 1 aromatic carbocycles. The smallest absolute Gasteiger partial charge is 0.328 e. The summed E-state index contributed by atoms with van der Waals surface area (Å²) in [5.74, 6) is -2.15. The first-order chi connectivity index (χ1) is 13.3. The zero-order valence-corrected chi connectivity index (χ0v) is 15.1. The minimum absolute atomic E-state index is 0.00678. The predicted molar refractivity (Wildman–Crippen MR) is 96.6 cm³/mol. The van der Waals surface area contributed by atoms with Gasteiger partial charge >= 0.3 is 18.0 Å². The number of benzene rings is 1. The topological polar surface area (TPSA) is 119 Å². The number of carbonyl (C=O) groups is 3. The van der Waals surface area contributed by atoms with Crippen LogP contribution in [0.25, 0.3) is 0 Å². The zero-order valence-electron chi connectivity index (χ0n) is 15.1. The molecule has 2 aliphatic heterocycles. The predicted octanol–water partition coefficient (Wildman–Crippen LogP) is 0.626. The quantitative estimate of drug-likeness (QED) is 0.640. The van der Waals surface area contributed by atoms with Crippen molar-refractivity contribution in [3.63, 3.8) is 0 Å². The first-order valence-electron chi connectivity index (χ1n) is 8.66. The molecule has 2 aliphatic rings. The maximum absolute atomic E-state index is 12.8. The fourth-order valence-corrected chi connectivity index (χ4v) is 2.57. The van der Waals surface area contributed by atoms with E-state index in [-0.39, 0.29) is 18.0 Å². The Kier molecular flexibility index (Phi) is 7.76. The lowest BCUT2D eigenvalue weighted by molar-refractivity contribution is -0.134. The van der Waals surface area contributed by atoms with Crippen molar-refractivity contribution in [2.75, 3.05) is 39.3 Å². The van der Waals surface area contributed by atoms with Crippen LogP contribution in [0.3, 0.4) is 0 Å².